The van der Waals surface area contributed by atoms with Crippen molar-refractivity contribution in [3.05, 3.63) is 29.8 Å². The molecule has 0 unspecified atom stereocenters. The van der Waals surface area contributed by atoms with Gasteiger partial charge in [0.2, 0.25) is 0 Å². The van der Waals surface area contributed by atoms with Crippen LogP contribution in [0.3, 0.4) is 0 Å². The molecule has 2 rings (SSSR count). The number of phenols is 1. The summed E-state index contributed by atoms with van der Waals surface area (Å²) in [5.74, 6) is 0.351. The third-order valence-electron chi connectivity index (χ3n) is 3.80. The number of nitrogens with zero attached hydrogens (tertiary/aromatic N) is 1. The van der Waals surface area contributed by atoms with E-state index in [1.54, 1.807) is 6.07 Å². The van der Waals surface area contributed by atoms with E-state index in [2.05, 4.69) is 11.0 Å². The molecule has 0 amide bonds. The second-order valence-corrected chi connectivity index (χ2v) is 5.22. The molecule has 1 aliphatic rings. The lowest BCUT2D eigenvalue weighted by Gasteiger charge is -2.34. The van der Waals surface area contributed by atoms with Gasteiger partial charge < -0.3 is 10.8 Å². The fraction of sp³-hybridized carbons (Fsp3) is 0.600. The summed E-state index contributed by atoms with van der Waals surface area (Å²) in [6, 6.07) is 8.23. The van der Waals surface area contributed by atoms with E-state index in [0.717, 1.165) is 13.1 Å². The van der Waals surface area contributed by atoms with Crippen molar-refractivity contribution >= 4 is 0 Å². The first-order valence-electron chi connectivity index (χ1n) is 7.01. The predicted molar refractivity (Wildman–Crippen MR) is 74.4 cm³/mol. The lowest BCUT2D eigenvalue weighted by molar-refractivity contribution is 0.152. The second kappa shape index (κ2) is 6.76. The van der Waals surface area contributed by atoms with Crippen molar-refractivity contribution in [3.63, 3.8) is 0 Å². The molecular weight excluding hydrogens is 224 g/mol. The highest BCUT2D eigenvalue weighted by Crippen LogP contribution is 2.24. The summed E-state index contributed by atoms with van der Waals surface area (Å²) in [5, 5.41) is 9.52. The van der Waals surface area contributed by atoms with Gasteiger partial charge in [-0.25, -0.2) is 0 Å². The first-order valence-corrected chi connectivity index (χ1v) is 7.01. The molecule has 0 spiro atoms. The molecule has 0 heterocycles. The van der Waals surface area contributed by atoms with E-state index in [0.29, 0.717) is 18.3 Å². The first-order chi connectivity index (χ1) is 8.79. The van der Waals surface area contributed by atoms with Gasteiger partial charge in [-0.1, -0.05) is 31.4 Å². The van der Waals surface area contributed by atoms with Crippen LogP contribution in [0.2, 0.25) is 0 Å². The molecule has 3 heteroatoms. The molecule has 0 atom stereocenters. The molecular formula is C15H24N2O. The van der Waals surface area contributed by atoms with Crippen LogP contribution in [0.25, 0.3) is 0 Å². The lowest BCUT2D eigenvalue weighted by atomic mass is 9.94. The van der Waals surface area contributed by atoms with Crippen molar-refractivity contribution in [2.24, 2.45) is 5.73 Å². The number of aromatic hydroxyl groups is 1. The molecule has 100 valence electrons. The van der Waals surface area contributed by atoms with Gasteiger partial charge in [0, 0.05) is 25.7 Å². The third kappa shape index (κ3) is 3.72. The van der Waals surface area contributed by atoms with E-state index < -0.39 is 0 Å². The Kier molecular flexibility index (Phi) is 5.02. The zero-order valence-electron chi connectivity index (χ0n) is 11.0. The Balaban J connectivity index is 2.00. The van der Waals surface area contributed by atoms with Crippen molar-refractivity contribution in [3.8, 4) is 5.75 Å². The highest BCUT2D eigenvalue weighted by atomic mass is 16.3. The Morgan fingerprint density at radius 2 is 2.00 bits per heavy atom. The van der Waals surface area contributed by atoms with E-state index in [4.69, 9.17) is 5.73 Å². The average Bonchev–Trinajstić information content (AvgIpc) is 2.39. The molecule has 0 aromatic heterocycles. The number of hydrogen-bond acceptors (Lipinski definition) is 3. The molecule has 3 N–H and O–H groups in total. The predicted octanol–water partition coefficient (Wildman–Crippen LogP) is 2.49. The van der Waals surface area contributed by atoms with Crippen LogP contribution in [0.1, 0.15) is 37.7 Å². The minimum Gasteiger partial charge on any atom is -0.508 e. The van der Waals surface area contributed by atoms with Gasteiger partial charge in [0.15, 0.2) is 0 Å². The fourth-order valence-corrected chi connectivity index (χ4v) is 2.89. The molecule has 1 aliphatic carbocycles. The van der Waals surface area contributed by atoms with Gasteiger partial charge in [-0.15, -0.1) is 0 Å². The maximum Gasteiger partial charge on any atom is 0.115 e. The molecule has 1 aromatic carbocycles. The molecule has 18 heavy (non-hydrogen) atoms. The van der Waals surface area contributed by atoms with Gasteiger partial charge in [0.1, 0.15) is 5.75 Å². The quantitative estimate of drug-likeness (QED) is 0.841. The molecule has 0 bridgehead atoms. The van der Waals surface area contributed by atoms with Gasteiger partial charge in [-0.3, -0.25) is 4.90 Å². The van der Waals surface area contributed by atoms with Gasteiger partial charge in [0.25, 0.3) is 0 Å². The maximum atomic E-state index is 9.52. The van der Waals surface area contributed by atoms with Gasteiger partial charge in [0.05, 0.1) is 0 Å². The number of benzene rings is 1. The van der Waals surface area contributed by atoms with Crippen LogP contribution in [0.5, 0.6) is 5.75 Å². The van der Waals surface area contributed by atoms with Gasteiger partial charge >= 0.3 is 0 Å². The standard InChI is InChI=1S/C15H24N2O/c16-9-10-17(14-6-2-1-3-7-14)12-13-5-4-8-15(18)11-13/h4-5,8,11,14,18H,1-3,6-7,9-10,12,16H2. The summed E-state index contributed by atoms with van der Waals surface area (Å²) in [4.78, 5) is 2.48. The Hall–Kier alpha value is -1.06. The third-order valence-corrected chi connectivity index (χ3v) is 3.80. The van der Waals surface area contributed by atoms with E-state index in [9.17, 15) is 5.11 Å². The highest BCUT2D eigenvalue weighted by molar-refractivity contribution is 5.27. The fourth-order valence-electron chi connectivity index (χ4n) is 2.89. The number of hydrogen-bond donors (Lipinski definition) is 2. The van der Waals surface area contributed by atoms with Crippen LogP contribution in [-0.2, 0) is 6.54 Å². The van der Waals surface area contributed by atoms with Crippen LogP contribution in [0, 0.1) is 0 Å². The summed E-state index contributed by atoms with van der Waals surface area (Å²) < 4.78 is 0. The molecule has 0 saturated heterocycles. The van der Waals surface area contributed by atoms with Gasteiger partial charge in [-0.05, 0) is 30.5 Å². The Morgan fingerprint density at radius 1 is 1.22 bits per heavy atom. The highest BCUT2D eigenvalue weighted by Gasteiger charge is 2.20. The lowest BCUT2D eigenvalue weighted by Crippen LogP contribution is -2.39. The summed E-state index contributed by atoms with van der Waals surface area (Å²) >= 11 is 0. The van der Waals surface area contributed by atoms with Crippen molar-refractivity contribution in [1.82, 2.24) is 4.90 Å². The monoisotopic (exact) mass is 248 g/mol. The first kappa shape index (κ1) is 13.4. The summed E-state index contributed by atoms with van der Waals surface area (Å²) in [7, 11) is 0. The van der Waals surface area contributed by atoms with Gasteiger partial charge in [-0.2, -0.15) is 0 Å². The molecule has 1 fully saturated rings. The molecule has 1 saturated carbocycles. The topological polar surface area (TPSA) is 49.5 Å². The Labute approximate surface area is 110 Å². The van der Waals surface area contributed by atoms with Crippen molar-refractivity contribution in [2.45, 2.75) is 44.7 Å². The minimum atomic E-state index is 0.351. The molecule has 1 aromatic rings. The largest absolute Gasteiger partial charge is 0.508 e. The van der Waals surface area contributed by atoms with Crippen LogP contribution in [-0.4, -0.2) is 29.1 Å². The zero-order chi connectivity index (χ0) is 12.8. The molecule has 0 radical (unpaired) electrons. The average molecular weight is 248 g/mol. The SMILES string of the molecule is NCCN(Cc1cccc(O)c1)C1CCCCC1. The summed E-state index contributed by atoms with van der Waals surface area (Å²) in [5.41, 5.74) is 6.90. The van der Waals surface area contributed by atoms with E-state index >= 15 is 0 Å². The van der Waals surface area contributed by atoms with Crippen molar-refractivity contribution < 1.29 is 5.11 Å². The second-order valence-electron chi connectivity index (χ2n) is 5.22. The molecule has 3 nitrogen and oxygen atoms in total. The Morgan fingerprint density at radius 3 is 2.67 bits per heavy atom. The van der Waals surface area contributed by atoms with E-state index in [1.165, 1.54) is 37.7 Å². The Bertz CT molecular complexity index is 361. The zero-order valence-corrected chi connectivity index (χ0v) is 11.0. The van der Waals surface area contributed by atoms with Crippen LogP contribution >= 0.6 is 0 Å². The van der Waals surface area contributed by atoms with E-state index in [1.807, 2.05) is 12.1 Å². The number of nitrogens with two attached hydrogens (primary N) is 1. The number of phenolic OH excluding ortho intramolecular Hbond substituents is 1. The minimum absolute atomic E-state index is 0.351. The normalized spacial score (nSPS) is 17.2. The summed E-state index contributed by atoms with van der Waals surface area (Å²) in [6.07, 6.45) is 6.63. The maximum absolute atomic E-state index is 9.52. The molecule has 0 aliphatic heterocycles. The van der Waals surface area contributed by atoms with Crippen LogP contribution in [0.4, 0.5) is 0 Å². The van der Waals surface area contributed by atoms with Crippen molar-refractivity contribution in [2.75, 3.05) is 13.1 Å². The van der Waals surface area contributed by atoms with Crippen molar-refractivity contribution in [1.29, 1.82) is 0 Å². The van der Waals surface area contributed by atoms with E-state index in [-0.39, 0.29) is 0 Å². The summed E-state index contributed by atoms with van der Waals surface area (Å²) in [6.45, 7) is 2.55. The van der Waals surface area contributed by atoms with Crippen LogP contribution < -0.4 is 5.73 Å². The smallest absolute Gasteiger partial charge is 0.115 e. The van der Waals surface area contributed by atoms with Crippen LogP contribution in [0.15, 0.2) is 24.3 Å². The number of rotatable bonds is 5.